The van der Waals surface area contributed by atoms with Crippen LogP contribution in [0.25, 0.3) is 0 Å². The van der Waals surface area contributed by atoms with Gasteiger partial charge in [-0.1, -0.05) is 74.1 Å². The van der Waals surface area contributed by atoms with Crippen LogP contribution in [0.15, 0.2) is 48.5 Å². The van der Waals surface area contributed by atoms with Crippen LogP contribution in [0, 0.1) is 34.8 Å². The van der Waals surface area contributed by atoms with Crippen LogP contribution in [-0.2, 0) is 0 Å². The zero-order chi connectivity index (χ0) is 18.6. The average Bonchev–Trinajstić information content (AvgIpc) is 2.62. The lowest BCUT2D eigenvalue weighted by molar-refractivity contribution is 1.31. The predicted molar refractivity (Wildman–Crippen MR) is 117 cm³/mol. The molecule has 0 nitrogen and oxygen atoms in total. The van der Waals surface area contributed by atoms with E-state index in [2.05, 4.69) is 85.2 Å². The highest BCUT2D eigenvalue weighted by Crippen LogP contribution is 2.20. The maximum absolute atomic E-state index is 3.62. The third kappa shape index (κ3) is 4.80. The van der Waals surface area contributed by atoms with Crippen molar-refractivity contribution in [1.29, 1.82) is 0 Å². The van der Waals surface area contributed by atoms with E-state index in [9.17, 15) is 0 Å². The van der Waals surface area contributed by atoms with E-state index in [0.717, 1.165) is 22.3 Å². The molecular formula is C24H24Si2. The van der Waals surface area contributed by atoms with Gasteiger partial charge in [0.2, 0.25) is 0 Å². The normalized spacial score (nSPS) is 16.8. The molecule has 0 N–H and O–H groups in total. The molecule has 0 bridgehead atoms. The Balaban J connectivity index is 2.18. The fraction of sp³-hybridized carbons (Fsp3) is 0.250. The van der Waals surface area contributed by atoms with Crippen molar-refractivity contribution in [2.24, 2.45) is 0 Å². The van der Waals surface area contributed by atoms with Crippen LogP contribution in [0.2, 0.25) is 38.3 Å². The van der Waals surface area contributed by atoms with Crippen molar-refractivity contribution < 1.29 is 0 Å². The van der Waals surface area contributed by atoms with Gasteiger partial charge in [0.1, 0.15) is 16.1 Å². The van der Waals surface area contributed by atoms with Crippen LogP contribution in [0.5, 0.6) is 0 Å². The molecule has 0 amide bonds. The van der Waals surface area contributed by atoms with Gasteiger partial charge >= 0.3 is 0 Å². The van der Waals surface area contributed by atoms with Gasteiger partial charge in [0, 0.05) is 22.3 Å². The highest BCUT2D eigenvalue weighted by molar-refractivity contribution is 6.90. The van der Waals surface area contributed by atoms with Crippen molar-refractivity contribution in [3.05, 3.63) is 70.8 Å². The molecule has 0 saturated carbocycles. The summed E-state index contributed by atoms with van der Waals surface area (Å²) in [7, 11) is -3.13. The SMILES string of the molecule is C[Si]1(C)C#Cc2ccccc2C#Cc2ccccc2C#C[Si](C)(C)CC1. The first-order chi connectivity index (χ1) is 12.3. The van der Waals surface area contributed by atoms with Crippen LogP contribution in [0.3, 0.4) is 0 Å². The van der Waals surface area contributed by atoms with E-state index in [0.29, 0.717) is 0 Å². The van der Waals surface area contributed by atoms with Gasteiger partial charge < -0.3 is 0 Å². The van der Waals surface area contributed by atoms with Crippen LogP contribution < -0.4 is 0 Å². The summed E-state index contributed by atoms with van der Waals surface area (Å²) in [6.45, 7) is 9.47. The van der Waals surface area contributed by atoms with Gasteiger partial charge in [-0.3, -0.25) is 0 Å². The molecule has 0 saturated heterocycles. The number of benzene rings is 2. The molecule has 0 spiro atoms. The van der Waals surface area contributed by atoms with Crippen molar-refractivity contribution in [3.8, 4) is 34.8 Å². The summed E-state index contributed by atoms with van der Waals surface area (Å²) < 4.78 is 0. The Hall–Kier alpha value is -2.45. The molecule has 0 unspecified atom stereocenters. The number of fused-ring (bicyclic) bond motifs is 2. The van der Waals surface area contributed by atoms with E-state index in [4.69, 9.17) is 0 Å². The second kappa shape index (κ2) is 7.43. The average molecular weight is 369 g/mol. The van der Waals surface area contributed by atoms with Crippen LogP contribution in [0.4, 0.5) is 0 Å². The first kappa shape index (κ1) is 18.3. The summed E-state index contributed by atoms with van der Waals surface area (Å²) in [5.74, 6) is 13.6. The Kier molecular flexibility index (Phi) is 5.24. The summed E-state index contributed by atoms with van der Waals surface area (Å²) in [6, 6.07) is 18.8. The highest BCUT2D eigenvalue weighted by atomic mass is 28.3. The first-order valence-corrected chi connectivity index (χ1v) is 15.5. The Labute approximate surface area is 160 Å². The fourth-order valence-electron chi connectivity index (χ4n) is 2.76. The Morgan fingerprint density at radius 2 is 0.846 bits per heavy atom. The van der Waals surface area contributed by atoms with Crippen LogP contribution >= 0.6 is 0 Å². The van der Waals surface area contributed by atoms with E-state index in [1.807, 2.05) is 24.3 Å². The predicted octanol–water partition coefficient (Wildman–Crippen LogP) is 5.30. The summed E-state index contributed by atoms with van der Waals surface area (Å²) in [5, 5.41) is 0. The molecule has 1 aliphatic heterocycles. The standard InChI is InChI=1S/C24H24Si2/c1-25(2)17-15-23-11-7-5-9-21(23)13-14-22-10-6-8-12-24(22)16-18-26(3,4)20-19-25/h5-12H,19-20H2,1-4H3. The molecule has 2 aromatic rings. The maximum atomic E-state index is 3.62. The molecular weight excluding hydrogens is 344 g/mol. The summed E-state index contributed by atoms with van der Waals surface area (Å²) in [5.41, 5.74) is 11.3. The monoisotopic (exact) mass is 368 g/mol. The molecule has 128 valence electrons. The number of hydrogen-bond donors (Lipinski definition) is 0. The van der Waals surface area contributed by atoms with Gasteiger partial charge in [-0.15, -0.1) is 11.1 Å². The molecule has 2 aromatic carbocycles. The molecule has 0 aromatic heterocycles. The van der Waals surface area contributed by atoms with Crippen molar-refractivity contribution in [3.63, 3.8) is 0 Å². The van der Waals surface area contributed by atoms with Crippen molar-refractivity contribution in [2.45, 2.75) is 38.3 Å². The maximum Gasteiger partial charge on any atom is 0.132 e. The zero-order valence-corrected chi connectivity index (χ0v) is 18.0. The third-order valence-electron chi connectivity index (χ3n) is 4.63. The van der Waals surface area contributed by atoms with Crippen molar-refractivity contribution >= 4 is 16.1 Å². The molecule has 3 rings (SSSR count). The minimum atomic E-state index is -1.57. The third-order valence-corrected chi connectivity index (χ3v) is 9.74. The first-order valence-electron chi connectivity index (χ1n) is 9.11. The number of hydrogen-bond acceptors (Lipinski definition) is 0. The van der Waals surface area contributed by atoms with Gasteiger partial charge in [-0.2, -0.15) is 0 Å². The van der Waals surface area contributed by atoms with E-state index in [1.54, 1.807) is 0 Å². The van der Waals surface area contributed by atoms with Gasteiger partial charge in [-0.25, -0.2) is 0 Å². The Morgan fingerprint density at radius 3 is 1.19 bits per heavy atom. The Morgan fingerprint density at radius 1 is 0.538 bits per heavy atom. The van der Waals surface area contributed by atoms with E-state index in [1.165, 1.54) is 12.1 Å². The van der Waals surface area contributed by atoms with Crippen LogP contribution in [-0.4, -0.2) is 16.1 Å². The van der Waals surface area contributed by atoms with E-state index in [-0.39, 0.29) is 0 Å². The van der Waals surface area contributed by atoms with Gasteiger partial charge in [0.15, 0.2) is 0 Å². The quantitative estimate of drug-likeness (QED) is 0.437. The van der Waals surface area contributed by atoms with Crippen molar-refractivity contribution in [2.75, 3.05) is 0 Å². The smallest absolute Gasteiger partial charge is 0.126 e. The fourth-order valence-corrected chi connectivity index (χ4v) is 8.96. The Bertz CT molecular complexity index is 927. The molecule has 0 fully saturated rings. The molecule has 0 aliphatic carbocycles. The van der Waals surface area contributed by atoms with E-state index < -0.39 is 16.1 Å². The summed E-state index contributed by atoms with van der Waals surface area (Å²) in [6.07, 6.45) is 0. The topological polar surface area (TPSA) is 0 Å². The molecule has 1 heterocycles. The molecule has 0 atom stereocenters. The van der Waals surface area contributed by atoms with Crippen molar-refractivity contribution in [1.82, 2.24) is 0 Å². The molecule has 1 aliphatic rings. The van der Waals surface area contributed by atoms with Gasteiger partial charge in [-0.05, 0) is 36.4 Å². The minimum Gasteiger partial charge on any atom is -0.126 e. The second-order valence-electron chi connectivity index (χ2n) is 8.11. The molecule has 2 heteroatoms. The van der Waals surface area contributed by atoms with E-state index >= 15 is 0 Å². The summed E-state index contributed by atoms with van der Waals surface area (Å²) >= 11 is 0. The minimum absolute atomic E-state index is 0.999. The lowest BCUT2D eigenvalue weighted by atomic mass is 10.1. The zero-order valence-electron chi connectivity index (χ0n) is 16.0. The molecule has 26 heavy (non-hydrogen) atoms. The highest BCUT2D eigenvalue weighted by Gasteiger charge is 2.25. The summed E-state index contributed by atoms with van der Waals surface area (Å²) in [4.78, 5) is 0. The largest absolute Gasteiger partial charge is 0.132 e. The lowest BCUT2D eigenvalue weighted by Gasteiger charge is -2.21. The van der Waals surface area contributed by atoms with Crippen LogP contribution in [0.1, 0.15) is 22.3 Å². The molecule has 0 radical (unpaired) electrons. The van der Waals surface area contributed by atoms with Gasteiger partial charge in [0.25, 0.3) is 0 Å². The lowest BCUT2D eigenvalue weighted by Crippen LogP contribution is -2.30. The second-order valence-corrected chi connectivity index (χ2v) is 17.1. The number of rotatable bonds is 0. The van der Waals surface area contributed by atoms with Gasteiger partial charge in [0.05, 0.1) is 0 Å².